The van der Waals surface area contributed by atoms with Gasteiger partial charge in [0, 0.05) is 30.0 Å². The van der Waals surface area contributed by atoms with Gasteiger partial charge in [-0.15, -0.1) is 11.8 Å². The fourth-order valence-corrected chi connectivity index (χ4v) is 4.76. The number of rotatable bonds is 5. The van der Waals surface area contributed by atoms with Gasteiger partial charge in [0.2, 0.25) is 5.91 Å². The van der Waals surface area contributed by atoms with Crippen molar-refractivity contribution in [2.24, 2.45) is 0 Å². The number of piperidine rings is 1. The second kappa shape index (κ2) is 8.65. The topological polar surface area (TPSA) is 61.8 Å². The molecule has 2 aliphatic heterocycles. The molecule has 0 unspecified atom stereocenters. The van der Waals surface area contributed by atoms with Gasteiger partial charge in [0.1, 0.15) is 23.8 Å². The zero-order valence-corrected chi connectivity index (χ0v) is 18.3. The Morgan fingerprint density at radius 1 is 1.27 bits per heavy atom. The molecule has 1 fully saturated rings. The smallest absolute Gasteiger partial charge is 0.224 e. The highest BCUT2D eigenvalue weighted by molar-refractivity contribution is 7.98. The molecular weight excluding hydrogens is 427 g/mol. The molecule has 2 aliphatic rings. The van der Waals surface area contributed by atoms with Gasteiger partial charge in [0.05, 0.1) is 16.4 Å². The number of anilines is 2. The van der Waals surface area contributed by atoms with Crippen LogP contribution in [0.2, 0.25) is 5.02 Å². The van der Waals surface area contributed by atoms with Gasteiger partial charge in [0.25, 0.3) is 0 Å². The van der Waals surface area contributed by atoms with Crippen molar-refractivity contribution in [1.29, 1.82) is 0 Å². The van der Waals surface area contributed by atoms with Gasteiger partial charge in [-0.2, -0.15) is 0 Å². The number of benzene rings is 2. The molecule has 0 atom stereocenters. The summed E-state index contributed by atoms with van der Waals surface area (Å²) in [4.78, 5) is 14.9. The van der Waals surface area contributed by atoms with Crippen molar-refractivity contribution in [3.63, 3.8) is 0 Å². The third-order valence-corrected chi connectivity index (χ3v) is 6.80. The second-order valence-electron chi connectivity index (χ2n) is 7.76. The van der Waals surface area contributed by atoms with Crippen LogP contribution >= 0.6 is 23.4 Å². The molecule has 5 nitrogen and oxygen atoms in total. The van der Waals surface area contributed by atoms with Crippen LogP contribution in [0.4, 0.5) is 15.8 Å². The van der Waals surface area contributed by atoms with Crippen LogP contribution in [0.1, 0.15) is 24.8 Å². The highest BCUT2D eigenvalue weighted by Gasteiger charge is 2.34. The van der Waals surface area contributed by atoms with Crippen LogP contribution in [0, 0.1) is 5.82 Å². The number of nitrogens with one attached hydrogen (secondary N) is 1. The summed E-state index contributed by atoms with van der Waals surface area (Å²) in [7, 11) is 0. The molecule has 1 saturated heterocycles. The normalized spacial score (nSPS) is 18.0. The second-order valence-corrected chi connectivity index (χ2v) is 9.05. The number of carbonyl (C=O) groups excluding carboxylic acids is 1. The van der Waals surface area contributed by atoms with Crippen LogP contribution in [0.15, 0.2) is 35.2 Å². The Kier molecular flexibility index (Phi) is 6.14. The van der Waals surface area contributed by atoms with Crippen LogP contribution in [-0.4, -0.2) is 42.6 Å². The number of ether oxygens (including phenoxy) is 1. The Labute approximate surface area is 184 Å². The van der Waals surface area contributed by atoms with Crippen molar-refractivity contribution >= 4 is 40.6 Å². The highest BCUT2D eigenvalue weighted by atomic mass is 35.5. The van der Waals surface area contributed by atoms with Gasteiger partial charge in [-0.1, -0.05) is 11.6 Å². The monoisotopic (exact) mass is 450 g/mol. The molecule has 0 bridgehead atoms. The predicted octanol–water partition coefficient (Wildman–Crippen LogP) is 4.50. The molecule has 0 radical (unpaired) electrons. The van der Waals surface area contributed by atoms with Gasteiger partial charge in [-0.05, 0) is 55.9 Å². The van der Waals surface area contributed by atoms with Crippen LogP contribution in [-0.2, 0) is 11.2 Å². The maximum atomic E-state index is 14.0. The lowest BCUT2D eigenvalue weighted by molar-refractivity contribution is -0.116. The number of hydrogen-bond donors (Lipinski definition) is 2. The summed E-state index contributed by atoms with van der Waals surface area (Å²) in [6.45, 7) is 1.44. The van der Waals surface area contributed by atoms with E-state index in [0.717, 1.165) is 10.6 Å². The summed E-state index contributed by atoms with van der Waals surface area (Å²) in [5, 5.41) is 14.3. The lowest BCUT2D eigenvalue weighted by Crippen LogP contribution is -2.48. The molecule has 4 rings (SSSR count). The SMILES string of the molecule is CSc1ccc(N2CCC(O)(COc3ccc(F)c4c3CCC(=O)N4)CC2)c(Cl)c1. The third-order valence-electron chi connectivity index (χ3n) is 5.77. The first-order valence-electron chi connectivity index (χ1n) is 9.93. The van der Waals surface area contributed by atoms with Crippen LogP contribution in [0.3, 0.4) is 0 Å². The standard InChI is InChI=1S/C22H24ClFN2O3S/c1-30-14-2-5-18(16(23)12-14)26-10-8-22(28,9-11-26)13-29-19-6-4-17(24)21-15(19)3-7-20(27)25-21/h2,4-6,12,28H,3,7-11,13H2,1H3,(H,25,27). The van der Waals surface area contributed by atoms with Crippen molar-refractivity contribution in [2.75, 3.05) is 36.2 Å². The zero-order valence-electron chi connectivity index (χ0n) is 16.7. The van der Waals surface area contributed by atoms with Crippen molar-refractivity contribution < 1.29 is 19.0 Å². The van der Waals surface area contributed by atoms with Crippen molar-refractivity contribution in [3.05, 3.63) is 46.7 Å². The van der Waals surface area contributed by atoms with E-state index in [9.17, 15) is 14.3 Å². The van der Waals surface area contributed by atoms with E-state index in [1.165, 1.54) is 6.07 Å². The third kappa shape index (κ3) is 4.38. The molecule has 0 aliphatic carbocycles. The number of hydrogen-bond acceptors (Lipinski definition) is 5. The molecule has 0 saturated carbocycles. The van der Waals surface area contributed by atoms with Gasteiger partial charge < -0.3 is 20.1 Å². The largest absolute Gasteiger partial charge is 0.490 e. The molecule has 2 aromatic rings. The molecule has 2 aromatic carbocycles. The van der Waals surface area contributed by atoms with Gasteiger partial charge in [-0.25, -0.2) is 4.39 Å². The molecule has 0 aromatic heterocycles. The van der Waals surface area contributed by atoms with E-state index < -0.39 is 11.4 Å². The van der Waals surface area contributed by atoms with E-state index >= 15 is 0 Å². The Morgan fingerprint density at radius 3 is 2.73 bits per heavy atom. The quantitative estimate of drug-likeness (QED) is 0.657. The Morgan fingerprint density at radius 2 is 2.03 bits per heavy atom. The molecule has 8 heteroatoms. The lowest BCUT2D eigenvalue weighted by Gasteiger charge is -2.39. The number of aliphatic hydroxyl groups is 1. The first kappa shape index (κ1) is 21.3. The lowest BCUT2D eigenvalue weighted by atomic mass is 9.92. The van der Waals surface area contributed by atoms with Crippen LogP contribution in [0.5, 0.6) is 5.75 Å². The minimum Gasteiger partial charge on any atom is -0.490 e. The fourth-order valence-electron chi connectivity index (χ4n) is 3.95. The zero-order chi connectivity index (χ0) is 21.3. The summed E-state index contributed by atoms with van der Waals surface area (Å²) < 4.78 is 20.0. The summed E-state index contributed by atoms with van der Waals surface area (Å²) in [6, 6.07) is 8.88. The Hall–Kier alpha value is -1.96. The summed E-state index contributed by atoms with van der Waals surface area (Å²) in [5.41, 5.74) is 0.840. The van der Waals surface area contributed by atoms with E-state index in [-0.39, 0.29) is 18.2 Å². The maximum absolute atomic E-state index is 14.0. The number of fused-ring (bicyclic) bond motifs is 1. The molecule has 160 valence electrons. The molecular formula is C22H24ClFN2O3S. The number of amides is 1. The van der Waals surface area contributed by atoms with Gasteiger partial charge >= 0.3 is 0 Å². The van der Waals surface area contributed by atoms with E-state index in [1.54, 1.807) is 17.8 Å². The van der Waals surface area contributed by atoms with Crippen molar-refractivity contribution in [3.8, 4) is 5.75 Å². The summed E-state index contributed by atoms with van der Waals surface area (Å²) >= 11 is 8.09. The Bertz CT molecular complexity index is 964. The number of carbonyl (C=O) groups is 1. The van der Waals surface area contributed by atoms with Crippen LogP contribution < -0.4 is 15.0 Å². The molecule has 0 spiro atoms. The fraction of sp³-hybridized carbons (Fsp3) is 0.409. The van der Waals surface area contributed by atoms with E-state index in [0.29, 0.717) is 55.1 Å². The van der Waals surface area contributed by atoms with Gasteiger partial charge in [-0.3, -0.25) is 4.79 Å². The molecule has 30 heavy (non-hydrogen) atoms. The average Bonchev–Trinajstić information content (AvgIpc) is 2.74. The number of halogens is 2. The first-order chi connectivity index (χ1) is 14.4. The maximum Gasteiger partial charge on any atom is 0.224 e. The average molecular weight is 451 g/mol. The number of thioether (sulfide) groups is 1. The predicted molar refractivity (Wildman–Crippen MR) is 118 cm³/mol. The minimum absolute atomic E-state index is 0.117. The first-order valence-corrected chi connectivity index (χ1v) is 11.5. The van der Waals surface area contributed by atoms with E-state index in [2.05, 4.69) is 10.2 Å². The molecule has 2 N–H and O–H groups in total. The molecule has 1 amide bonds. The minimum atomic E-state index is -0.971. The Balaban J connectivity index is 1.40. The highest BCUT2D eigenvalue weighted by Crippen LogP contribution is 2.36. The van der Waals surface area contributed by atoms with Gasteiger partial charge in [0.15, 0.2) is 0 Å². The van der Waals surface area contributed by atoms with E-state index in [1.807, 2.05) is 24.5 Å². The number of nitrogens with zero attached hydrogens (tertiary/aromatic N) is 1. The summed E-state index contributed by atoms with van der Waals surface area (Å²) in [6.07, 6.45) is 3.80. The van der Waals surface area contributed by atoms with Crippen molar-refractivity contribution in [1.82, 2.24) is 0 Å². The van der Waals surface area contributed by atoms with Crippen LogP contribution in [0.25, 0.3) is 0 Å². The van der Waals surface area contributed by atoms with E-state index in [4.69, 9.17) is 16.3 Å². The van der Waals surface area contributed by atoms with Crippen molar-refractivity contribution in [2.45, 2.75) is 36.2 Å². The molecule has 2 heterocycles. The summed E-state index contributed by atoms with van der Waals surface area (Å²) in [5.74, 6) is -0.159.